The SMILES string of the molecule is CCC1CCN(c2ccc3ncccc3c2)CC(C)CN1. The molecule has 1 aliphatic rings. The average molecular weight is 283 g/mol. The molecule has 2 heterocycles. The Balaban J connectivity index is 1.84. The highest BCUT2D eigenvalue weighted by atomic mass is 15.1. The van der Waals surface area contributed by atoms with Crippen LogP contribution in [0.25, 0.3) is 10.9 Å². The van der Waals surface area contributed by atoms with Gasteiger partial charge in [0.15, 0.2) is 0 Å². The second-order valence-corrected chi connectivity index (χ2v) is 6.23. The van der Waals surface area contributed by atoms with Crippen LogP contribution in [0.15, 0.2) is 36.5 Å². The summed E-state index contributed by atoms with van der Waals surface area (Å²) in [5, 5.41) is 4.92. The Morgan fingerprint density at radius 1 is 1.33 bits per heavy atom. The summed E-state index contributed by atoms with van der Waals surface area (Å²) in [5.41, 5.74) is 2.41. The summed E-state index contributed by atoms with van der Waals surface area (Å²) in [6, 6.07) is 11.5. The number of hydrogen-bond acceptors (Lipinski definition) is 3. The molecule has 1 aromatic heterocycles. The second-order valence-electron chi connectivity index (χ2n) is 6.23. The van der Waals surface area contributed by atoms with E-state index in [0.29, 0.717) is 12.0 Å². The van der Waals surface area contributed by atoms with Crippen molar-refractivity contribution >= 4 is 16.6 Å². The molecule has 1 aliphatic heterocycles. The Morgan fingerprint density at radius 3 is 3.10 bits per heavy atom. The molecule has 21 heavy (non-hydrogen) atoms. The minimum Gasteiger partial charge on any atom is -0.371 e. The molecular formula is C18H25N3. The first kappa shape index (κ1) is 14.3. The van der Waals surface area contributed by atoms with E-state index in [-0.39, 0.29) is 0 Å². The molecule has 0 amide bonds. The maximum Gasteiger partial charge on any atom is 0.0703 e. The molecule has 2 unspecified atom stereocenters. The quantitative estimate of drug-likeness (QED) is 0.915. The highest BCUT2D eigenvalue weighted by Crippen LogP contribution is 2.23. The van der Waals surface area contributed by atoms with Crippen LogP contribution in [0.3, 0.4) is 0 Å². The highest BCUT2D eigenvalue weighted by molar-refractivity contribution is 5.82. The zero-order valence-corrected chi connectivity index (χ0v) is 13.0. The number of benzene rings is 1. The molecular weight excluding hydrogens is 258 g/mol. The predicted molar refractivity (Wildman–Crippen MR) is 89.8 cm³/mol. The first-order chi connectivity index (χ1) is 10.3. The molecule has 1 aromatic carbocycles. The van der Waals surface area contributed by atoms with Gasteiger partial charge in [0.2, 0.25) is 0 Å². The van der Waals surface area contributed by atoms with Crippen LogP contribution in [0.1, 0.15) is 26.7 Å². The predicted octanol–water partition coefficient (Wildman–Crippen LogP) is 3.45. The largest absolute Gasteiger partial charge is 0.371 e. The van der Waals surface area contributed by atoms with E-state index < -0.39 is 0 Å². The highest BCUT2D eigenvalue weighted by Gasteiger charge is 2.18. The summed E-state index contributed by atoms with van der Waals surface area (Å²) in [7, 11) is 0. The van der Waals surface area contributed by atoms with E-state index in [9.17, 15) is 0 Å². The molecule has 0 spiro atoms. The van der Waals surface area contributed by atoms with Gasteiger partial charge in [-0.05, 0) is 49.6 Å². The Bertz CT molecular complexity index is 596. The Hall–Kier alpha value is -1.61. The second kappa shape index (κ2) is 6.44. The van der Waals surface area contributed by atoms with Gasteiger partial charge in [-0.15, -0.1) is 0 Å². The standard InChI is InChI=1S/C18H25N3/c1-3-16-8-10-21(13-14(2)12-20-16)17-6-7-18-15(11-17)5-4-9-19-18/h4-7,9,11,14,16,20H,3,8,10,12-13H2,1-2H3. The van der Waals surface area contributed by atoms with Gasteiger partial charge < -0.3 is 10.2 Å². The number of nitrogens with zero attached hydrogens (tertiary/aromatic N) is 2. The van der Waals surface area contributed by atoms with Gasteiger partial charge in [0.25, 0.3) is 0 Å². The molecule has 0 radical (unpaired) electrons. The molecule has 1 saturated heterocycles. The Morgan fingerprint density at radius 2 is 2.24 bits per heavy atom. The van der Waals surface area contributed by atoms with Gasteiger partial charge in [-0.2, -0.15) is 0 Å². The van der Waals surface area contributed by atoms with Crippen molar-refractivity contribution in [2.24, 2.45) is 5.92 Å². The topological polar surface area (TPSA) is 28.2 Å². The van der Waals surface area contributed by atoms with E-state index >= 15 is 0 Å². The number of anilines is 1. The molecule has 1 fully saturated rings. The number of hydrogen-bond donors (Lipinski definition) is 1. The van der Waals surface area contributed by atoms with Crippen LogP contribution in [0.2, 0.25) is 0 Å². The average Bonchev–Trinajstić information content (AvgIpc) is 2.51. The third kappa shape index (κ3) is 3.35. The van der Waals surface area contributed by atoms with Gasteiger partial charge in [0, 0.05) is 36.4 Å². The van der Waals surface area contributed by atoms with Crippen LogP contribution in [0.4, 0.5) is 5.69 Å². The lowest BCUT2D eigenvalue weighted by atomic mass is 10.0. The number of fused-ring (bicyclic) bond motifs is 1. The van der Waals surface area contributed by atoms with Crippen LogP contribution in [-0.4, -0.2) is 30.7 Å². The van der Waals surface area contributed by atoms with Gasteiger partial charge in [-0.1, -0.05) is 19.9 Å². The molecule has 0 saturated carbocycles. The number of nitrogens with one attached hydrogen (secondary N) is 1. The van der Waals surface area contributed by atoms with Gasteiger partial charge >= 0.3 is 0 Å². The van der Waals surface area contributed by atoms with Gasteiger partial charge in [-0.25, -0.2) is 0 Å². The number of rotatable bonds is 2. The summed E-state index contributed by atoms with van der Waals surface area (Å²) in [6.07, 6.45) is 4.29. The van der Waals surface area contributed by atoms with E-state index in [4.69, 9.17) is 0 Å². The van der Waals surface area contributed by atoms with Crippen molar-refractivity contribution in [3.05, 3.63) is 36.5 Å². The molecule has 0 aliphatic carbocycles. The van der Waals surface area contributed by atoms with Crippen molar-refractivity contribution in [3.63, 3.8) is 0 Å². The zero-order valence-electron chi connectivity index (χ0n) is 13.0. The van der Waals surface area contributed by atoms with E-state index in [0.717, 1.165) is 25.2 Å². The van der Waals surface area contributed by atoms with E-state index in [1.54, 1.807) is 0 Å². The minimum absolute atomic E-state index is 0.650. The van der Waals surface area contributed by atoms with Crippen molar-refractivity contribution in [2.45, 2.75) is 32.7 Å². The van der Waals surface area contributed by atoms with Crippen molar-refractivity contribution < 1.29 is 0 Å². The lowest BCUT2D eigenvalue weighted by molar-refractivity contribution is 0.388. The summed E-state index contributed by atoms with van der Waals surface area (Å²) < 4.78 is 0. The fraction of sp³-hybridized carbons (Fsp3) is 0.500. The van der Waals surface area contributed by atoms with Crippen molar-refractivity contribution in [2.75, 3.05) is 24.5 Å². The van der Waals surface area contributed by atoms with Crippen LogP contribution in [0, 0.1) is 5.92 Å². The Kier molecular flexibility index (Phi) is 4.39. The first-order valence-electron chi connectivity index (χ1n) is 8.09. The van der Waals surface area contributed by atoms with Crippen LogP contribution >= 0.6 is 0 Å². The van der Waals surface area contributed by atoms with E-state index in [1.165, 1.54) is 23.9 Å². The third-order valence-corrected chi connectivity index (χ3v) is 4.48. The summed E-state index contributed by atoms with van der Waals surface area (Å²) in [4.78, 5) is 6.95. The smallest absolute Gasteiger partial charge is 0.0703 e. The molecule has 112 valence electrons. The number of pyridine rings is 1. The molecule has 3 heteroatoms. The lowest BCUT2D eigenvalue weighted by Gasteiger charge is -2.33. The molecule has 0 bridgehead atoms. The third-order valence-electron chi connectivity index (χ3n) is 4.48. The number of aromatic nitrogens is 1. The molecule has 3 rings (SSSR count). The zero-order chi connectivity index (χ0) is 14.7. The summed E-state index contributed by atoms with van der Waals surface area (Å²) >= 11 is 0. The molecule has 1 N–H and O–H groups in total. The lowest BCUT2D eigenvalue weighted by Crippen LogP contribution is -2.43. The van der Waals surface area contributed by atoms with Crippen molar-refractivity contribution in [1.82, 2.24) is 10.3 Å². The van der Waals surface area contributed by atoms with Gasteiger partial charge in [0.05, 0.1) is 5.52 Å². The van der Waals surface area contributed by atoms with Crippen LogP contribution in [0.5, 0.6) is 0 Å². The van der Waals surface area contributed by atoms with E-state index in [2.05, 4.69) is 53.3 Å². The normalized spacial score (nSPS) is 23.8. The minimum atomic E-state index is 0.650. The maximum atomic E-state index is 4.41. The van der Waals surface area contributed by atoms with Crippen LogP contribution in [-0.2, 0) is 0 Å². The molecule has 2 aromatic rings. The molecule has 2 atom stereocenters. The van der Waals surface area contributed by atoms with E-state index in [1.807, 2.05) is 12.3 Å². The summed E-state index contributed by atoms with van der Waals surface area (Å²) in [5.74, 6) is 0.670. The monoisotopic (exact) mass is 283 g/mol. The fourth-order valence-electron chi connectivity index (χ4n) is 3.16. The molecule has 3 nitrogen and oxygen atoms in total. The van der Waals surface area contributed by atoms with Crippen LogP contribution < -0.4 is 10.2 Å². The van der Waals surface area contributed by atoms with Gasteiger partial charge in [0.1, 0.15) is 0 Å². The van der Waals surface area contributed by atoms with Crippen molar-refractivity contribution in [1.29, 1.82) is 0 Å². The van der Waals surface area contributed by atoms with Crippen molar-refractivity contribution in [3.8, 4) is 0 Å². The maximum absolute atomic E-state index is 4.41. The fourth-order valence-corrected chi connectivity index (χ4v) is 3.16. The first-order valence-corrected chi connectivity index (χ1v) is 8.09. The summed E-state index contributed by atoms with van der Waals surface area (Å²) in [6.45, 7) is 7.97. The van der Waals surface area contributed by atoms with Gasteiger partial charge in [-0.3, -0.25) is 4.98 Å². The Labute approximate surface area is 127 Å².